The molecule has 3 N–H and O–H groups in total. The third-order valence-electron chi connectivity index (χ3n) is 5.61. The first-order chi connectivity index (χ1) is 16.3. The van der Waals surface area contributed by atoms with Crippen LogP contribution in [0.1, 0.15) is 12.8 Å². The Hall–Kier alpha value is -4.14. The summed E-state index contributed by atoms with van der Waals surface area (Å²) in [5.41, 5.74) is 1.48. The maximum atomic E-state index is 12.7. The van der Waals surface area contributed by atoms with E-state index >= 15 is 0 Å². The molecule has 1 aliphatic rings. The first-order valence-electron chi connectivity index (χ1n) is 11.0. The molecule has 9 nitrogen and oxygen atoms in total. The van der Waals surface area contributed by atoms with Gasteiger partial charge >= 0.3 is 0 Å². The summed E-state index contributed by atoms with van der Waals surface area (Å²) in [5, 5.41) is 14.2. The standard InChI is InChI=1S/C24H25N7O2/c32-22(14-25-20-10-4-5-11-21(20)33-18-8-2-1-3-9-18)29-17-7-6-12-31(15-17)24-19-13-28-30-23(19)26-16-27-24/h1-5,8-11,13,16-17,25H,6-7,12,14-15H2,(H,29,32)(H,26,27,28,30)/t17-/m1/s1. The molecule has 4 aromatic rings. The molecule has 5 rings (SSSR count). The van der Waals surface area contributed by atoms with Gasteiger partial charge in [0.25, 0.3) is 0 Å². The molecule has 1 fully saturated rings. The highest BCUT2D eigenvalue weighted by molar-refractivity contribution is 5.86. The van der Waals surface area contributed by atoms with Crippen molar-refractivity contribution in [3.05, 3.63) is 67.1 Å². The van der Waals surface area contributed by atoms with Crippen LogP contribution in [-0.4, -0.2) is 51.7 Å². The molecular weight excluding hydrogens is 418 g/mol. The Kier molecular flexibility index (Phi) is 6.01. The van der Waals surface area contributed by atoms with E-state index < -0.39 is 0 Å². The van der Waals surface area contributed by atoms with Gasteiger partial charge in [0.2, 0.25) is 5.91 Å². The molecule has 3 heterocycles. The summed E-state index contributed by atoms with van der Waals surface area (Å²) in [6.45, 7) is 1.73. The van der Waals surface area contributed by atoms with Crippen molar-refractivity contribution >= 4 is 28.4 Å². The Morgan fingerprint density at radius 3 is 2.88 bits per heavy atom. The molecule has 33 heavy (non-hydrogen) atoms. The average molecular weight is 444 g/mol. The van der Waals surface area contributed by atoms with Crippen LogP contribution in [0.25, 0.3) is 11.0 Å². The summed E-state index contributed by atoms with van der Waals surface area (Å²) in [4.78, 5) is 23.5. The highest BCUT2D eigenvalue weighted by Gasteiger charge is 2.24. The molecule has 0 aliphatic carbocycles. The normalized spacial score (nSPS) is 15.9. The van der Waals surface area contributed by atoms with E-state index in [2.05, 4.69) is 35.7 Å². The summed E-state index contributed by atoms with van der Waals surface area (Å²) in [5.74, 6) is 2.20. The number of nitrogens with zero attached hydrogens (tertiary/aromatic N) is 4. The molecule has 2 aromatic heterocycles. The van der Waals surface area contributed by atoms with Crippen molar-refractivity contribution in [2.75, 3.05) is 29.9 Å². The van der Waals surface area contributed by atoms with Gasteiger partial charge in [-0.3, -0.25) is 9.89 Å². The van der Waals surface area contributed by atoms with E-state index in [4.69, 9.17) is 4.74 Å². The van der Waals surface area contributed by atoms with E-state index in [9.17, 15) is 4.79 Å². The number of aromatic amines is 1. The van der Waals surface area contributed by atoms with Crippen molar-refractivity contribution < 1.29 is 9.53 Å². The van der Waals surface area contributed by atoms with Crippen LogP contribution >= 0.6 is 0 Å². The maximum Gasteiger partial charge on any atom is 0.239 e. The van der Waals surface area contributed by atoms with Crippen LogP contribution in [0, 0.1) is 0 Å². The number of carbonyl (C=O) groups is 1. The molecule has 0 saturated carbocycles. The molecule has 0 radical (unpaired) electrons. The highest BCUT2D eigenvalue weighted by atomic mass is 16.5. The predicted molar refractivity (Wildman–Crippen MR) is 127 cm³/mol. The first kappa shape index (κ1) is 20.7. The predicted octanol–water partition coefficient (Wildman–Crippen LogP) is 3.34. The number of nitrogens with one attached hydrogen (secondary N) is 3. The lowest BCUT2D eigenvalue weighted by molar-refractivity contribution is -0.120. The third-order valence-corrected chi connectivity index (χ3v) is 5.61. The van der Waals surface area contributed by atoms with Gasteiger partial charge in [-0.25, -0.2) is 9.97 Å². The van der Waals surface area contributed by atoms with Crippen molar-refractivity contribution in [1.29, 1.82) is 0 Å². The van der Waals surface area contributed by atoms with Gasteiger partial charge in [0.1, 0.15) is 17.9 Å². The third kappa shape index (κ3) is 4.87. The molecule has 9 heteroatoms. The largest absolute Gasteiger partial charge is 0.455 e. The number of piperidine rings is 1. The Balaban J connectivity index is 1.18. The zero-order valence-electron chi connectivity index (χ0n) is 18.1. The average Bonchev–Trinajstić information content (AvgIpc) is 3.33. The maximum absolute atomic E-state index is 12.7. The van der Waals surface area contributed by atoms with Crippen LogP contribution in [0.4, 0.5) is 11.5 Å². The summed E-state index contributed by atoms with van der Waals surface area (Å²) < 4.78 is 5.96. The summed E-state index contributed by atoms with van der Waals surface area (Å²) in [6, 6.07) is 17.2. The molecular formula is C24H25N7O2. The van der Waals surface area contributed by atoms with E-state index in [0.29, 0.717) is 17.9 Å². The van der Waals surface area contributed by atoms with Crippen molar-refractivity contribution in [2.45, 2.75) is 18.9 Å². The lowest BCUT2D eigenvalue weighted by Gasteiger charge is -2.34. The Labute approximate surface area is 191 Å². The van der Waals surface area contributed by atoms with Gasteiger partial charge in [-0.2, -0.15) is 5.10 Å². The van der Waals surface area contributed by atoms with Gasteiger partial charge in [-0.1, -0.05) is 30.3 Å². The van der Waals surface area contributed by atoms with Crippen LogP contribution < -0.4 is 20.3 Å². The molecule has 1 amide bonds. The topological polar surface area (TPSA) is 108 Å². The molecule has 1 saturated heterocycles. The Bertz CT molecular complexity index is 1230. The fourth-order valence-electron chi connectivity index (χ4n) is 4.06. The molecule has 1 aliphatic heterocycles. The first-order valence-corrected chi connectivity index (χ1v) is 11.0. The smallest absolute Gasteiger partial charge is 0.239 e. The Morgan fingerprint density at radius 1 is 1.12 bits per heavy atom. The number of H-pyrrole nitrogens is 1. The number of rotatable bonds is 7. The second kappa shape index (κ2) is 9.56. The van der Waals surface area contributed by atoms with Gasteiger partial charge in [-0.15, -0.1) is 0 Å². The van der Waals surface area contributed by atoms with Crippen LogP contribution in [-0.2, 0) is 4.79 Å². The zero-order valence-corrected chi connectivity index (χ0v) is 18.1. The van der Waals surface area contributed by atoms with Gasteiger partial charge in [0.15, 0.2) is 11.4 Å². The van der Waals surface area contributed by atoms with Gasteiger partial charge in [-0.05, 0) is 37.1 Å². The minimum Gasteiger partial charge on any atom is -0.455 e. The van der Waals surface area contributed by atoms with E-state index in [0.717, 1.165) is 42.0 Å². The summed E-state index contributed by atoms with van der Waals surface area (Å²) in [6.07, 6.45) is 5.17. The van der Waals surface area contributed by atoms with E-state index in [1.165, 1.54) is 6.33 Å². The van der Waals surface area contributed by atoms with Crippen molar-refractivity contribution in [1.82, 2.24) is 25.5 Å². The number of aromatic nitrogens is 4. The van der Waals surface area contributed by atoms with E-state index in [-0.39, 0.29) is 18.5 Å². The summed E-state index contributed by atoms with van der Waals surface area (Å²) in [7, 11) is 0. The number of amides is 1. The highest BCUT2D eigenvalue weighted by Crippen LogP contribution is 2.29. The molecule has 2 aromatic carbocycles. The molecule has 0 spiro atoms. The monoisotopic (exact) mass is 443 g/mol. The minimum absolute atomic E-state index is 0.0424. The van der Waals surface area contributed by atoms with E-state index in [1.54, 1.807) is 6.20 Å². The van der Waals surface area contributed by atoms with Crippen LogP contribution in [0.15, 0.2) is 67.1 Å². The SMILES string of the molecule is O=C(CNc1ccccc1Oc1ccccc1)N[C@@H]1CCCN(c2ncnc3[nH]ncc23)C1. The van der Waals surface area contributed by atoms with Crippen LogP contribution in [0.3, 0.4) is 0 Å². The van der Waals surface area contributed by atoms with E-state index in [1.807, 2.05) is 54.6 Å². The summed E-state index contributed by atoms with van der Waals surface area (Å²) >= 11 is 0. The van der Waals surface area contributed by atoms with Gasteiger partial charge in [0.05, 0.1) is 23.8 Å². The number of hydrogen-bond donors (Lipinski definition) is 3. The van der Waals surface area contributed by atoms with Crippen molar-refractivity contribution in [2.24, 2.45) is 0 Å². The number of para-hydroxylation sites is 3. The van der Waals surface area contributed by atoms with Crippen LogP contribution in [0.5, 0.6) is 11.5 Å². The molecule has 1 atom stereocenters. The second-order valence-corrected chi connectivity index (χ2v) is 7.95. The van der Waals surface area contributed by atoms with Crippen LogP contribution in [0.2, 0.25) is 0 Å². The number of ether oxygens (including phenoxy) is 1. The molecule has 168 valence electrons. The lowest BCUT2D eigenvalue weighted by Crippen LogP contribution is -2.49. The van der Waals surface area contributed by atoms with Crippen molar-refractivity contribution in [3.63, 3.8) is 0 Å². The van der Waals surface area contributed by atoms with Gasteiger partial charge < -0.3 is 20.3 Å². The number of hydrogen-bond acceptors (Lipinski definition) is 7. The quantitative estimate of drug-likeness (QED) is 0.402. The lowest BCUT2D eigenvalue weighted by atomic mass is 10.1. The molecule has 0 bridgehead atoms. The number of carbonyl (C=O) groups excluding carboxylic acids is 1. The van der Waals surface area contributed by atoms with Gasteiger partial charge in [0, 0.05) is 19.1 Å². The minimum atomic E-state index is -0.0625. The fourth-order valence-corrected chi connectivity index (χ4v) is 4.06. The number of fused-ring (bicyclic) bond motifs is 1. The molecule has 0 unspecified atom stereocenters. The second-order valence-electron chi connectivity index (χ2n) is 7.95. The van der Waals surface area contributed by atoms with Crippen molar-refractivity contribution in [3.8, 4) is 11.5 Å². The zero-order chi connectivity index (χ0) is 22.5. The fraction of sp³-hybridized carbons (Fsp3) is 0.250. The Morgan fingerprint density at radius 2 is 1.97 bits per heavy atom. The number of benzene rings is 2. The number of anilines is 2.